The monoisotopic (exact) mass is 622 g/mol. The van der Waals surface area contributed by atoms with Crippen LogP contribution in [0, 0.1) is 0 Å². The van der Waals surface area contributed by atoms with Crippen molar-refractivity contribution in [3.05, 3.63) is 48.5 Å². The van der Waals surface area contributed by atoms with E-state index in [1.807, 2.05) is 0 Å². The predicted octanol–water partition coefficient (Wildman–Crippen LogP) is 4.48. The van der Waals surface area contributed by atoms with E-state index in [1.54, 1.807) is 48.5 Å². The zero-order valence-corrected chi connectivity index (χ0v) is 26.1. The first kappa shape index (κ1) is 33.6. The van der Waals surface area contributed by atoms with E-state index in [1.165, 1.54) is 0 Å². The molecule has 2 fully saturated rings. The van der Waals surface area contributed by atoms with Crippen molar-refractivity contribution < 1.29 is 46.3 Å². The predicted molar refractivity (Wildman–Crippen MR) is 160 cm³/mol. The summed E-state index contributed by atoms with van der Waals surface area (Å²) in [6, 6.07) is 12.8. The molecule has 2 aromatic rings. The maximum absolute atomic E-state index is 13.3. The number of sulfone groups is 1. The maximum Gasteiger partial charge on any atom is 0.206 e. The quantitative estimate of drug-likeness (QED) is 0.123. The number of hydrogen-bond donors (Lipinski definition) is 0. The third kappa shape index (κ3) is 12.3. The number of ether oxygens (including phenoxy) is 8. The van der Waals surface area contributed by atoms with E-state index in [0.29, 0.717) is 51.1 Å². The van der Waals surface area contributed by atoms with Crippen LogP contribution in [-0.2, 0) is 38.3 Å². The van der Waals surface area contributed by atoms with Gasteiger partial charge in [-0.05, 0) is 61.4 Å². The summed E-state index contributed by atoms with van der Waals surface area (Å²) in [7, 11) is -3.72. The van der Waals surface area contributed by atoms with Gasteiger partial charge in [0.05, 0.1) is 49.4 Å². The smallest absolute Gasteiger partial charge is 0.206 e. The lowest BCUT2D eigenvalue weighted by molar-refractivity contribution is -0.0417. The van der Waals surface area contributed by atoms with E-state index in [2.05, 4.69) is 13.8 Å². The van der Waals surface area contributed by atoms with E-state index in [0.717, 1.165) is 38.9 Å². The normalized spacial score (nSPS) is 19.1. The zero-order chi connectivity index (χ0) is 30.3. The van der Waals surface area contributed by atoms with Gasteiger partial charge in [0.1, 0.15) is 49.1 Å². The van der Waals surface area contributed by atoms with Gasteiger partial charge in [-0.2, -0.15) is 0 Å². The average Bonchev–Trinajstić information content (AvgIpc) is 3.96. The fourth-order valence-corrected chi connectivity index (χ4v) is 5.23. The maximum atomic E-state index is 13.3. The van der Waals surface area contributed by atoms with Gasteiger partial charge in [0.2, 0.25) is 9.84 Å². The fourth-order valence-electron chi connectivity index (χ4n) is 3.97. The first-order chi connectivity index (χ1) is 21.0. The van der Waals surface area contributed by atoms with Crippen molar-refractivity contribution in [2.24, 2.45) is 0 Å². The van der Waals surface area contributed by atoms with Crippen LogP contribution in [0.3, 0.4) is 0 Å². The topological polar surface area (TPSA) is 115 Å². The molecule has 0 aliphatic carbocycles. The van der Waals surface area contributed by atoms with E-state index in [9.17, 15) is 8.42 Å². The second kappa shape index (κ2) is 17.9. The van der Waals surface area contributed by atoms with Crippen molar-refractivity contribution >= 4 is 9.84 Å². The summed E-state index contributed by atoms with van der Waals surface area (Å²) in [6.45, 7) is 9.46. The van der Waals surface area contributed by atoms with Crippen LogP contribution >= 0.6 is 0 Å². The highest BCUT2D eigenvalue weighted by molar-refractivity contribution is 7.91. The van der Waals surface area contributed by atoms with Gasteiger partial charge in [-0.3, -0.25) is 0 Å². The minimum absolute atomic E-state index is 0.150. The lowest BCUT2D eigenvalue weighted by Gasteiger charge is -2.19. The molecule has 0 saturated carbocycles. The highest BCUT2D eigenvalue weighted by Crippen LogP contribution is 2.25. The molecule has 4 rings (SSSR count). The summed E-state index contributed by atoms with van der Waals surface area (Å²) < 4.78 is 72.0. The number of epoxide rings is 2. The van der Waals surface area contributed by atoms with Gasteiger partial charge in [0, 0.05) is 13.2 Å². The molecule has 10 nitrogen and oxygen atoms in total. The average molecular weight is 623 g/mol. The molecule has 11 heteroatoms. The van der Waals surface area contributed by atoms with E-state index >= 15 is 0 Å². The molecule has 2 aliphatic heterocycles. The van der Waals surface area contributed by atoms with Gasteiger partial charge in [0.15, 0.2) is 0 Å². The van der Waals surface area contributed by atoms with Crippen LogP contribution in [-0.4, -0.2) is 98.9 Å². The lowest BCUT2D eigenvalue weighted by Crippen LogP contribution is -2.29. The molecule has 0 N–H and O–H groups in total. The lowest BCUT2D eigenvalue weighted by atomic mass is 10.3. The zero-order valence-electron chi connectivity index (χ0n) is 25.3. The van der Waals surface area contributed by atoms with Crippen molar-refractivity contribution in [2.45, 2.75) is 73.7 Å². The largest absolute Gasteiger partial charge is 0.491 e. The molecule has 0 radical (unpaired) electrons. The van der Waals surface area contributed by atoms with E-state index in [4.69, 9.17) is 37.9 Å². The van der Waals surface area contributed by atoms with Gasteiger partial charge in [-0.25, -0.2) is 8.42 Å². The summed E-state index contributed by atoms with van der Waals surface area (Å²) in [5.41, 5.74) is 0. The van der Waals surface area contributed by atoms with Crippen LogP contribution in [0.1, 0.15) is 39.5 Å². The number of unbranched alkanes of at least 4 members (excludes halogenated alkanes) is 2. The van der Waals surface area contributed by atoms with Crippen molar-refractivity contribution in [3.8, 4) is 11.5 Å². The van der Waals surface area contributed by atoms with Gasteiger partial charge in [-0.1, -0.05) is 26.7 Å². The minimum atomic E-state index is -3.72. The minimum Gasteiger partial charge on any atom is -0.491 e. The van der Waals surface area contributed by atoms with Crippen molar-refractivity contribution in [3.63, 3.8) is 0 Å². The fraction of sp³-hybridized carbons (Fsp3) is 0.625. The van der Waals surface area contributed by atoms with Gasteiger partial charge < -0.3 is 37.9 Å². The first-order valence-corrected chi connectivity index (χ1v) is 16.8. The molecule has 0 amide bonds. The number of hydrogen-bond acceptors (Lipinski definition) is 10. The molecule has 0 spiro atoms. The Bertz CT molecular complexity index is 1060. The molecular weight excluding hydrogens is 576 g/mol. The van der Waals surface area contributed by atoms with Crippen LogP contribution in [0.2, 0.25) is 0 Å². The Labute approximate surface area is 255 Å². The van der Waals surface area contributed by atoms with Crippen molar-refractivity contribution in [1.29, 1.82) is 0 Å². The number of rotatable bonds is 24. The molecule has 4 unspecified atom stereocenters. The molecule has 0 aromatic heterocycles. The third-order valence-electron chi connectivity index (χ3n) is 6.87. The molecule has 2 aromatic carbocycles. The van der Waals surface area contributed by atoms with Gasteiger partial charge in [0.25, 0.3) is 0 Å². The Morgan fingerprint density at radius 1 is 0.674 bits per heavy atom. The SMILES string of the molecule is CCCCOCC(COc1ccc(S(=O)(=O)c2ccc(OCC(COCCCC)OCC3CO3)cc2)cc1)OCC1CO1. The first-order valence-electron chi connectivity index (χ1n) is 15.3. The molecule has 240 valence electrons. The summed E-state index contributed by atoms with van der Waals surface area (Å²) >= 11 is 0. The Morgan fingerprint density at radius 3 is 1.42 bits per heavy atom. The van der Waals surface area contributed by atoms with Gasteiger partial charge >= 0.3 is 0 Å². The standard InChI is InChI=1S/C32H46O10S/c1-3-5-15-35-17-27(39-21-29-23-41-29)19-37-25-7-11-31(12-8-25)43(33,34)32-13-9-26(10-14-32)38-20-28(18-36-16-6-4-2)40-22-30-24-42-30/h7-14,27-30H,3-6,15-24H2,1-2H3. The molecule has 4 atom stereocenters. The second-order valence-electron chi connectivity index (χ2n) is 10.7. The van der Waals surface area contributed by atoms with Crippen molar-refractivity contribution in [1.82, 2.24) is 0 Å². The Hall–Kier alpha value is -2.25. The van der Waals surface area contributed by atoms with E-state index < -0.39 is 9.84 Å². The van der Waals surface area contributed by atoms with Crippen LogP contribution in [0.25, 0.3) is 0 Å². The van der Waals surface area contributed by atoms with Gasteiger partial charge in [-0.15, -0.1) is 0 Å². The molecule has 2 heterocycles. The highest BCUT2D eigenvalue weighted by atomic mass is 32.2. The second-order valence-corrected chi connectivity index (χ2v) is 12.7. The van der Waals surface area contributed by atoms with Crippen LogP contribution in [0.4, 0.5) is 0 Å². The van der Waals surface area contributed by atoms with Crippen LogP contribution in [0.5, 0.6) is 11.5 Å². The highest BCUT2D eigenvalue weighted by Gasteiger charge is 2.26. The van der Waals surface area contributed by atoms with Crippen LogP contribution < -0.4 is 9.47 Å². The number of benzene rings is 2. The van der Waals surface area contributed by atoms with Crippen LogP contribution in [0.15, 0.2) is 58.3 Å². The summed E-state index contributed by atoms with van der Waals surface area (Å²) in [5, 5.41) is 0. The summed E-state index contributed by atoms with van der Waals surface area (Å²) in [5.74, 6) is 1.10. The Balaban J connectivity index is 1.26. The van der Waals surface area contributed by atoms with E-state index in [-0.39, 0.29) is 47.4 Å². The Morgan fingerprint density at radius 2 is 1.07 bits per heavy atom. The third-order valence-corrected chi connectivity index (χ3v) is 8.66. The molecule has 2 saturated heterocycles. The Kier molecular flexibility index (Phi) is 14.0. The molecule has 0 bridgehead atoms. The summed E-state index contributed by atoms with van der Waals surface area (Å²) in [4.78, 5) is 0.352. The van der Waals surface area contributed by atoms with Crippen molar-refractivity contribution in [2.75, 3.05) is 66.1 Å². The summed E-state index contributed by atoms with van der Waals surface area (Å²) in [6.07, 6.45) is 3.92. The molecule has 43 heavy (non-hydrogen) atoms. The molecule has 2 aliphatic rings. The molecular formula is C32H46O10S.